The fourth-order valence-electron chi connectivity index (χ4n) is 3.07. The number of nitrogens with zero attached hydrogens (tertiary/aromatic N) is 4. The number of piperazine rings is 1. The number of aromatic nitrogens is 2. The number of nitrogens with one attached hydrogen (secondary N) is 1. The van der Waals surface area contributed by atoms with Gasteiger partial charge in [0.25, 0.3) is 0 Å². The Morgan fingerprint density at radius 3 is 2.60 bits per heavy atom. The number of hydrogen-bond donors (Lipinski definition) is 1. The van der Waals surface area contributed by atoms with Crippen molar-refractivity contribution in [1.29, 1.82) is 0 Å². The number of rotatable bonds is 2. The molecule has 5 nitrogen and oxygen atoms in total. The normalized spacial score (nSPS) is 14.6. The summed E-state index contributed by atoms with van der Waals surface area (Å²) in [4.78, 5) is 12.9. The Kier molecular flexibility index (Phi) is 4.43. The molecule has 2 aromatic carbocycles. The van der Waals surface area contributed by atoms with Gasteiger partial charge < -0.3 is 15.1 Å². The lowest BCUT2D eigenvalue weighted by Crippen LogP contribution is -2.50. The maximum Gasteiger partial charge on any atom is 0.173 e. The highest BCUT2D eigenvalue weighted by molar-refractivity contribution is 7.80. The van der Waals surface area contributed by atoms with Crippen LogP contribution >= 0.6 is 12.2 Å². The van der Waals surface area contributed by atoms with E-state index < -0.39 is 0 Å². The molecule has 1 aliphatic heterocycles. The molecule has 25 heavy (non-hydrogen) atoms. The molecule has 6 heteroatoms. The molecule has 126 valence electrons. The molecule has 0 bridgehead atoms. The largest absolute Gasteiger partial charge is 0.368 e. The predicted octanol–water partition coefficient (Wildman–Crippen LogP) is 3.15. The molecular weight excluding hydrogens is 330 g/mol. The highest BCUT2D eigenvalue weighted by atomic mass is 32.1. The maximum absolute atomic E-state index is 5.60. The molecule has 1 aliphatic rings. The number of thiocarbonyl (C=S) groups is 1. The van der Waals surface area contributed by atoms with Crippen molar-refractivity contribution in [2.24, 2.45) is 0 Å². The Labute approximate surface area is 152 Å². The van der Waals surface area contributed by atoms with Crippen molar-refractivity contribution < 1.29 is 0 Å². The average Bonchev–Trinajstić information content (AvgIpc) is 2.69. The van der Waals surface area contributed by atoms with Crippen LogP contribution in [-0.4, -0.2) is 46.2 Å². The van der Waals surface area contributed by atoms with Crippen molar-refractivity contribution in [2.45, 2.75) is 0 Å². The van der Waals surface area contributed by atoms with E-state index in [2.05, 4.69) is 49.4 Å². The zero-order chi connectivity index (χ0) is 17.1. The molecule has 1 N–H and O–H groups in total. The van der Waals surface area contributed by atoms with Gasteiger partial charge in [-0.2, -0.15) is 0 Å². The monoisotopic (exact) mass is 349 g/mol. The van der Waals surface area contributed by atoms with Crippen LogP contribution in [-0.2, 0) is 0 Å². The maximum atomic E-state index is 5.60. The van der Waals surface area contributed by atoms with Crippen molar-refractivity contribution in [2.75, 3.05) is 36.4 Å². The van der Waals surface area contributed by atoms with Crippen molar-refractivity contribution in [3.8, 4) is 0 Å². The van der Waals surface area contributed by atoms with Gasteiger partial charge in [-0.3, -0.25) is 0 Å². The number of hydrogen-bond acceptors (Lipinski definition) is 4. The van der Waals surface area contributed by atoms with Gasteiger partial charge in [0.2, 0.25) is 0 Å². The molecule has 0 amide bonds. The van der Waals surface area contributed by atoms with Crippen LogP contribution in [0.25, 0.3) is 10.9 Å². The Morgan fingerprint density at radius 2 is 1.80 bits per heavy atom. The highest BCUT2D eigenvalue weighted by Crippen LogP contribution is 2.18. The first kappa shape index (κ1) is 15.8. The van der Waals surface area contributed by atoms with Crippen LogP contribution in [0.1, 0.15) is 0 Å². The quantitative estimate of drug-likeness (QED) is 0.717. The van der Waals surface area contributed by atoms with E-state index in [0.29, 0.717) is 0 Å². The minimum absolute atomic E-state index is 0.768. The van der Waals surface area contributed by atoms with Gasteiger partial charge in [0.1, 0.15) is 6.33 Å². The SMILES string of the molecule is S=C(Nc1ccc2ncncc2c1)N1CCN(c2ccccc2)CC1. The minimum atomic E-state index is 0.768. The summed E-state index contributed by atoms with van der Waals surface area (Å²) in [6.45, 7) is 3.77. The number of fused-ring (bicyclic) bond motifs is 1. The Morgan fingerprint density at radius 1 is 1.00 bits per heavy atom. The second kappa shape index (κ2) is 7.03. The summed E-state index contributed by atoms with van der Waals surface area (Å²) in [5.41, 5.74) is 3.18. The molecule has 0 unspecified atom stereocenters. The van der Waals surface area contributed by atoms with Gasteiger partial charge in [-0.15, -0.1) is 0 Å². The summed E-state index contributed by atoms with van der Waals surface area (Å²) in [5, 5.41) is 5.11. The van der Waals surface area contributed by atoms with Gasteiger partial charge in [-0.25, -0.2) is 9.97 Å². The van der Waals surface area contributed by atoms with E-state index in [1.165, 1.54) is 5.69 Å². The zero-order valence-corrected chi connectivity index (χ0v) is 14.6. The molecule has 0 aliphatic carbocycles. The lowest BCUT2D eigenvalue weighted by molar-refractivity contribution is 0.391. The first-order valence-electron chi connectivity index (χ1n) is 8.35. The molecule has 0 spiro atoms. The van der Waals surface area contributed by atoms with Crippen molar-refractivity contribution >= 4 is 39.6 Å². The molecule has 0 saturated carbocycles. The molecule has 1 aromatic heterocycles. The van der Waals surface area contributed by atoms with E-state index in [1.807, 2.05) is 30.5 Å². The number of benzene rings is 2. The Hall–Kier alpha value is -2.73. The number of para-hydroxylation sites is 1. The molecule has 0 atom stereocenters. The van der Waals surface area contributed by atoms with Gasteiger partial charge in [0.15, 0.2) is 5.11 Å². The molecule has 2 heterocycles. The fraction of sp³-hybridized carbons (Fsp3) is 0.211. The predicted molar refractivity (Wildman–Crippen MR) is 106 cm³/mol. The van der Waals surface area contributed by atoms with Gasteiger partial charge in [-0.05, 0) is 42.5 Å². The van der Waals surface area contributed by atoms with E-state index in [4.69, 9.17) is 12.2 Å². The van der Waals surface area contributed by atoms with Gasteiger partial charge in [0, 0.05) is 49.1 Å². The smallest absolute Gasteiger partial charge is 0.173 e. The Balaban J connectivity index is 1.38. The second-order valence-corrected chi connectivity index (χ2v) is 6.42. The van der Waals surface area contributed by atoms with E-state index >= 15 is 0 Å². The molecule has 1 saturated heterocycles. The third kappa shape index (κ3) is 3.53. The van der Waals surface area contributed by atoms with Crippen LogP contribution in [0.2, 0.25) is 0 Å². The van der Waals surface area contributed by atoms with Gasteiger partial charge >= 0.3 is 0 Å². The van der Waals surface area contributed by atoms with Crippen molar-refractivity contribution in [3.63, 3.8) is 0 Å². The lowest BCUT2D eigenvalue weighted by Gasteiger charge is -2.37. The van der Waals surface area contributed by atoms with E-state index in [-0.39, 0.29) is 0 Å². The van der Waals surface area contributed by atoms with E-state index in [9.17, 15) is 0 Å². The van der Waals surface area contributed by atoms with Crippen molar-refractivity contribution in [1.82, 2.24) is 14.9 Å². The summed E-state index contributed by atoms with van der Waals surface area (Å²) in [7, 11) is 0. The summed E-state index contributed by atoms with van der Waals surface area (Å²) >= 11 is 5.60. The molecule has 4 rings (SSSR count). The summed E-state index contributed by atoms with van der Waals surface area (Å²) in [6, 6.07) is 16.5. The second-order valence-electron chi connectivity index (χ2n) is 6.04. The van der Waals surface area contributed by atoms with Crippen LogP contribution < -0.4 is 10.2 Å². The minimum Gasteiger partial charge on any atom is -0.368 e. The summed E-state index contributed by atoms with van der Waals surface area (Å²) in [6.07, 6.45) is 3.38. The Bertz CT molecular complexity index is 875. The van der Waals surface area contributed by atoms with Crippen molar-refractivity contribution in [3.05, 3.63) is 61.1 Å². The fourth-order valence-corrected chi connectivity index (χ4v) is 3.37. The summed E-state index contributed by atoms with van der Waals surface area (Å²) < 4.78 is 0. The van der Waals surface area contributed by atoms with E-state index in [1.54, 1.807) is 6.33 Å². The molecule has 0 radical (unpaired) electrons. The zero-order valence-electron chi connectivity index (χ0n) is 13.8. The van der Waals surface area contributed by atoms with Crippen LogP contribution in [0, 0.1) is 0 Å². The molecule has 3 aromatic rings. The van der Waals surface area contributed by atoms with Crippen LogP contribution in [0.4, 0.5) is 11.4 Å². The van der Waals surface area contributed by atoms with Crippen LogP contribution in [0.15, 0.2) is 61.1 Å². The lowest BCUT2D eigenvalue weighted by atomic mass is 10.2. The first-order valence-corrected chi connectivity index (χ1v) is 8.76. The van der Waals surface area contributed by atoms with Gasteiger partial charge in [-0.1, -0.05) is 18.2 Å². The first-order chi connectivity index (χ1) is 12.3. The molecule has 1 fully saturated rings. The van der Waals surface area contributed by atoms with Crippen LogP contribution in [0.3, 0.4) is 0 Å². The third-order valence-corrected chi connectivity index (χ3v) is 4.80. The number of anilines is 2. The standard InChI is InChI=1S/C19H19N5S/c25-19(22-16-6-7-18-15(12-16)13-20-14-21-18)24-10-8-23(9-11-24)17-4-2-1-3-5-17/h1-7,12-14H,8-11H2,(H,22,25). The topological polar surface area (TPSA) is 44.3 Å². The molecular formula is C19H19N5S. The third-order valence-electron chi connectivity index (χ3n) is 4.44. The average molecular weight is 349 g/mol. The highest BCUT2D eigenvalue weighted by Gasteiger charge is 2.19. The van der Waals surface area contributed by atoms with Gasteiger partial charge in [0.05, 0.1) is 5.52 Å². The summed E-state index contributed by atoms with van der Waals surface area (Å²) in [5.74, 6) is 0. The van der Waals surface area contributed by atoms with Crippen LogP contribution in [0.5, 0.6) is 0 Å². The van der Waals surface area contributed by atoms with E-state index in [0.717, 1.165) is 47.9 Å².